The Morgan fingerprint density at radius 1 is 1.00 bits per heavy atom. The van der Waals surface area contributed by atoms with Crippen LogP contribution in [0.2, 0.25) is 0 Å². The first kappa shape index (κ1) is 11.3. The van der Waals surface area contributed by atoms with Crippen LogP contribution >= 0.6 is 0 Å². The fourth-order valence-electron chi connectivity index (χ4n) is 1.41. The lowest BCUT2D eigenvalue weighted by atomic mass is 10.2. The fraction of sp³-hybridized carbons (Fsp3) is 0.0714. The van der Waals surface area contributed by atoms with Crippen molar-refractivity contribution in [3.63, 3.8) is 0 Å². The molecular weight excluding hydrogens is 215 g/mol. The van der Waals surface area contributed by atoms with Gasteiger partial charge in [-0.2, -0.15) is 0 Å². The van der Waals surface area contributed by atoms with Crippen molar-refractivity contribution in [2.45, 2.75) is 0 Å². The van der Waals surface area contributed by atoms with Crippen LogP contribution in [-0.4, -0.2) is 13.3 Å². The van der Waals surface area contributed by atoms with Crippen LogP contribution in [0, 0.1) is 5.82 Å². The Balaban J connectivity index is 2.11. The van der Waals surface area contributed by atoms with Gasteiger partial charge >= 0.3 is 0 Å². The maximum Gasteiger partial charge on any atom is 0.123 e. The Morgan fingerprint density at radius 3 is 2.24 bits per heavy atom. The SMILES string of the molecule is CNc1ccc(/N=C/c2ccc(F)cc2)cc1. The van der Waals surface area contributed by atoms with Crippen LogP contribution in [0.3, 0.4) is 0 Å². The summed E-state index contributed by atoms with van der Waals surface area (Å²) in [6.07, 6.45) is 1.72. The topological polar surface area (TPSA) is 24.4 Å². The average molecular weight is 228 g/mol. The number of benzene rings is 2. The van der Waals surface area contributed by atoms with Gasteiger partial charge in [0.2, 0.25) is 0 Å². The molecule has 0 saturated carbocycles. The molecule has 2 nitrogen and oxygen atoms in total. The highest BCUT2D eigenvalue weighted by molar-refractivity contribution is 5.81. The van der Waals surface area contributed by atoms with E-state index in [9.17, 15) is 4.39 Å². The minimum absolute atomic E-state index is 0.236. The molecule has 0 fully saturated rings. The molecular formula is C14H13FN2. The first-order chi connectivity index (χ1) is 8.28. The van der Waals surface area contributed by atoms with E-state index in [1.165, 1.54) is 12.1 Å². The molecule has 0 atom stereocenters. The summed E-state index contributed by atoms with van der Waals surface area (Å²) in [4.78, 5) is 4.31. The van der Waals surface area contributed by atoms with Gasteiger partial charge in [-0.25, -0.2) is 4.39 Å². The summed E-state index contributed by atoms with van der Waals surface area (Å²) >= 11 is 0. The number of hydrogen-bond donors (Lipinski definition) is 1. The Morgan fingerprint density at radius 2 is 1.65 bits per heavy atom. The van der Waals surface area contributed by atoms with Gasteiger partial charge < -0.3 is 5.32 Å². The number of aliphatic imine (C=N–C) groups is 1. The average Bonchev–Trinajstić information content (AvgIpc) is 2.39. The van der Waals surface area contributed by atoms with Crippen LogP contribution in [0.1, 0.15) is 5.56 Å². The van der Waals surface area contributed by atoms with E-state index in [-0.39, 0.29) is 5.82 Å². The number of anilines is 1. The number of nitrogens with one attached hydrogen (secondary N) is 1. The first-order valence-electron chi connectivity index (χ1n) is 5.35. The molecule has 2 rings (SSSR count). The van der Waals surface area contributed by atoms with Gasteiger partial charge in [0.15, 0.2) is 0 Å². The fourth-order valence-corrected chi connectivity index (χ4v) is 1.41. The van der Waals surface area contributed by atoms with Gasteiger partial charge in [0.05, 0.1) is 5.69 Å². The van der Waals surface area contributed by atoms with Gasteiger partial charge in [-0.3, -0.25) is 4.99 Å². The minimum Gasteiger partial charge on any atom is -0.388 e. The quantitative estimate of drug-likeness (QED) is 0.797. The van der Waals surface area contributed by atoms with Gasteiger partial charge in [-0.1, -0.05) is 12.1 Å². The summed E-state index contributed by atoms with van der Waals surface area (Å²) in [5, 5.41) is 3.04. The summed E-state index contributed by atoms with van der Waals surface area (Å²) in [5.74, 6) is -0.236. The van der Waals surface area contributed by atoms with Gasteiger partial charge in [-0.05, 0) is 42.0 Å². The van der Waals surface area contributed by atoms with Gasteiger partial charge in [0.25, 0.3) is 0 Å². The van der Waals surface area contributed by atoms with E-state index in [0.717, 1.165) is 16.9 Å². The second-order valence-corrected chi connectivity index (χ2v) is 3.61. The zero-order chi connectivity index (χ0) is 12.1. The molecule has 0 saturated heterocycles. The van der Waals surface area contributed by atoms with E-state index in [1.807, 2.05) is 31.3 Å². The molecule has 0 bridgehead atoms. The third-order valence-corrected chi connectivity index (χ3v) is 2.39. The monoisotopic (exact) mass is 228 g/mol. The molecule has 2 aromatic carbocycles. The van der Waals surface area contributed by atoms with Crippen LogP contribution in [0.15, 0.2) is 53.5 Å². The van der Waals surface area contributed by atoms with E-state index >= 15 is 0 Å². The number of hydrogen-bond acceptors (Lipinski definition) is 2. The zero-order valence-corrected chi connectivity index (χ0v) is 9.52. The first-order valence-corrected chi connectivity index (χ1v) is 5.35. The predicted octanol–water partition coefficient (Wildman–Crippen LogP) is 3.62. The molecule has 0 radical (unpaired) electrons. The highest BCUT2D eigenvalue weighted by Crippen LogP contribution is 2.15. The molecule has 0 spiro atoms. The molecule has 3 heteroatoms. The maximum atomic E-state index is 12.7. The van der Waals surface area contributed by atoms with Crippen molar-refractivity contribution in [3.8, 4) is 0 Å². The van der Waals surface area contributed by atoms with Crippen molar-refractivity contribution < 1.29 is 4.39 Å². The lowest BCUT2D eigenvalue weighted by Gasteiger charge is -1.99. The lowest BCUT2D eigenvalue weighted by molar-refractivity contribution is 0.628. The van der Waals surface area contributed by atoms with Crippen LogP contribution in [0.25, 0.3) is 0 Å². The van der Waals surface area contributed by atoms with Crippen LogP contribution in [0.5, 0.6) is 0 Å². The van der Waals surface area contributed by atoms with Crippen molar-refractivity contribution in [2.75, 3.05) is 12.4 Å². The van der Waals surface area contributed by atoms with Crippen LogP contribution < -0.4 is 5.32 Å². The number of nitrogens with zero attached hydrogens (tertiary/aromatic N) is 1. The van der Waals surface area contributed by atoms with Crippen molar-refractivity contribution in [3.05, 3.63) is 59.9 Å². The second kappa shape index (κ2) is 5.25. The number of rotatable bonds is 3. The molecule has 0 aliphatic heterocycles. The van der Waals surface area contributed by atoms with E-state index in [1.54, 1.807) is 18.3 Å². The second-order valence-electron chi connectivity index (χ2n) is 3.61. The van der Waals surface area contributed by atoms with Crippen molar-refractivity contribution in [2.24, 2.45) is 4.99 Å². The van der Waals surface area contributed by atoms with Crippen LogP contribution in [0.4, 0.5) is 15.8 Å². The Labute approximate surface area is 99.8 Å². The standard InChI is InChI=1S/C14H13FN2/c1-16-13-6-8-14(9-7-13)17-10-11-2-4-12(15)5-3-11/h2-10,16H,1H3/b17-10+. The third kappa shape index (κ3) is 3.14. The highest BCUT2D eigenvalue weighted by Gasteiger charge is 1.91. The summed E-state index contributed by atoms with van der Waals surface area (Å²) in [6, 6.07) is 14.0. The number of halogens is 1. The maximum absolute atomic E-state index is 12.7. The largest absolute Gasteiger partial charge is 0.388 e. The van der Waals surface area contributed by atoms with E-state index < -0.39 is 0 Å². The molecule has 0 aromatic heterocycles. The molecule has 0 amide bonds. The smallest absolute Gasteiger partial charge is 0.123 e. The third-order valence-electron chi connectivity index (χ3n) is 2.39. The molecule has 0 heterocycles. The van der Waals surface area contributed by atoms with Crippen molar-refractivity contribution in [1.82, 2.24) is 0 Å². The Hall–Kier alpha value is -2.16. The van der Waals surface area contributed by atoms with Gasteiger partial charge in [0, 0.05) is 18.9 Å². The minimum atomic E-state index is -0.236. The highest BCUT2D eigenvalue weighted by atomic mass is 19.1. The molecule has 2 aromatic rings. The Kier molecular flexibility index (Phi) is 3.50. The Bertz CT molecular complexity index is 501. The van der Waals surface area contributed by atoms with E-state index in [2.05, 4.69) is 10.3 Å². The van der Waals surface area contributed by atoms with Gasteiger partial charge in [0.1, 0.15) is 5.82 Å². The lowest BCUT2D eigenvalue weighted by Crippen LogP contribution is -1.85. The molecule has 1 N–H and O–H groups in total. The van der Waals surface area contributed by atoms with E-state index in [4.69, 9.17) is 0 Å². The summed E-state index contributed by atoms with van der Waals surface area (Å²) in [6.45, 7) is 0. The molecule has 0 aliphatic rings. The van der Waals surface area contributed by atoms with Gasteiger partial charge in [-0.15, -0.1) is 0 Å². The summed E-state index contributed by atoms with van der Waals surface area (Å²) < 4.78 is 12.7. The van der Waals surface area contributed by atoms with Crippen molar-refractivity contribution >= 4 is 17.6 Å². The van der Waals surface area contributed by atoms with Crippen LogP contribution in [-0.2, 0) is 0 Å². The van der Waals surface area contributed by atoms with Crippen molar-refractivity contribution in [1.29, 1.82) is 0 Å². The molecule has 0 aliphatic carbocycles. The molecule has 17 heavy (non-hydrogen) atoms. The summed E-state index contributed by atoms with van der Waals surface area (Å²) in [5.41, 5.74) is 2.79. The normalized spacial score (nSPS) is 10.7. The molecule has 0 unspecified atom stereocenters. The summed E-state index contributed by atoms with van der Waals surface area (Å²) in [7, 11) is 1.87. The molecule has 86 valence electrons. The van der Waals surface area contributed by atoms with E-state index in [0.29, 0.717) is 0 Å². The zero-order valence-electron chi connectivity index (χ0n) is 9.52. The predicted molar refractivity (Wildman–Crippen MR) is 69.6 cm³/mol.